The highest BCUT2D eigenvalue weighted by Crippen LogP contribution is 2.35. The van der Waals surface area contributed by atoms with E-state index < -0.39 is 17.7 Å². The van der Waals surface area contributed by atoms with E-state index in [1.54, 1.807) is 20.0 Å². The van der Waals surface area contributed by atoms with Crippen molar-refractivity contribution in [2.24, 2.45) is 12.1 Å². The van der Waals surface area contributed by atoms with E-state index in [4.69, 9.17) is 23.8 Å². The van der Waals surface area contributed by atoms with E-state index >= 15 is 0 Å². The number of anilines is 1. The van der Waals surface area contributed by atoms with Crippen LogP contribution in [0.5, 0.6) is 5.75 Å². The number of alkyl halides is 3. The standard InChI is InChI=1S/C22H19ClF3N5O3S/c1-11(28-29-21(35)27-14-8-9-15(16(23)10-14)20(33)34-3)17-19(32)18(31(2)30-17)12-4-6-13(7-5-12)22(24,25)26/h4-10,32H,1-3H3,(H2,27,29,35)/b28-11-. The Morgan fingerprint density at radius 1 is 1.23 bits per heavy atom. The van der Waals surface area contributed by atoms with Crippen LogP contribution in [0, 0.1) is 0 Å². The number of hydrazone groups is 1. The average molecular weight is 526 g/mol. The number of rotatable bonds is 5. The summed E-state index contributed by atoms with van der Waals surface area (Å²) in [7, 11) is 2.79. The minimum Gasteiger partial charge on any atom is -0.504 e. The molecule has 0 atom stereocenters. The van der Waals surface area contributed by atoms with Crippen molar-refractivity contribution < 1.29 is 27.8 Å². The van der Waals surface area contributed by atoms with Crippen LogP contribution in [0.25, 0.3) is 11.3 Å². The summed E-state index contributed by atoms with van der Waals surface area (Å²) in [6.45, 7) is 1.57. The summed E-state index contributed by atoms with van der Waals surface area (Å²) >= 11 is 11.3. The van der Waals surface area contributed by atoms with Crippen molar-refractivity contribution in [3.8, 4) is 17.0 Å². The number of nitrogens with one attached hydrogen (secondary N) is 2. The van der Waals surface area contributed by atoms with Gasteiger partial charge in [0.2, 0.25) is 0 Å². The highest BCUT2D eigenvalue weighted by Gasteiger charge is 2.30. The molecule has 13 heteroatoms. The van der Waals surface area contributed by atoms with Crippen LogP contribution < -0.4 is 10.7 Å². The fourth-order valence-electron chi connectivity index (χ4n) is 3.11. The molecule has 0 amide bonds. The van der Waals surface area contributed by atoms with Crippen LogP contribution in [0.1, 0.15) is 28.5 Å². The SMILES string of the molecule is COC(=O)c1ccc(NC(=S)N/N=C(/C)c2nn(C)c(-c3ccc(C(F)(F)F)cc3)c2O)cc1Cl. The van der Waals surface area contributed by atoms with Crippen molar-refractivity contribution in [3.05, 3.63) is 64.3 Å². The van der Waals surface area contributed by atoms with E-state index in [0.29, 0.717) is 11.3 Å². The molecule has 2 aromatic carbocycles. The van der Waals surface area contributed by atoms with E-state index in [0.717, 1.165) is 12.1 Å². The lowest BCUT2D eigenvalue weighted by Crippen LogP contribution is -2.25. The normalized spacial score (nSPS) is 11.8. The summed E-state index contributed by atoms with van der Waals surface area (Å²) in [6, 6.07) is 8.90. The third kappa shape index (κ3) is 5.89. The second-order valence-electron chi connectivity index (χ2n) is 7.19. The number of benzene rings is 2. The van der Waals surface area contributed by atoms with Gasteiger partial charge in [-0.25, -0.2) is 4.79 Å². The van der Waals surface area contributed by atoms with Gasteiger partial charge in [-0.2, -0.15) is 23.4 Å². The van der Waals surface area contributed by atoms with Gasteiger partial charge in [-0.1, -0.05) is 23.7 Å². The number of methoxy groups -OCH3 is 1. The highest BCUT2D eigenvalue weighted by atomic mass is 35.5. The number of aryl methyl sites for hydroxylation is 1. The molecule has 0 aliphatic rings. The molecule has 184 valence electrons. The Bertz CT molecular complexity index is 1310. The van der Waals surface area contributed by atoms with Gasteiger partial charge >= 0.3 is 12.1 Å². The molecule has 0 spiro atoms. The van der Waals surface area contributed by atoms with Gasteiger partial charge in [-0.15, -0.1) is 0 Å². The largest absolute Gasteiger partial charge is 0.504 e. The van der Waals surface area contributed by atoms with Crippen molar-refractivity contribution in [2.45, 2.75) is 13.1 Å². The molecule has 1 aromatic heterocycles. The molecule has 1 heterocycles. The summed E-state index contributed by atoms with van der Waals surface area (Å²) in [5.41, 5.74) is 3.44. The van der Waals surface area contributed by atoms with E-state index in [-0.39, 0.29) is 38.5 Å². The predicted molar refractivity (Wildman–Crippen MR) is 130 cm³/mol. The number of esters is 1. The Morgan fingerprint density at radius 3 is 2.46 bits per heavy atom. The zero-order valence-electron chi connectivity index (χ0n) is 18.6. The van der Waals surface area contributed by atoms with E-state index in [9.17, 15) is 23.1 Å². The predicted octanol–water partition coefficient (Wildman–Crippen LogP) is 4.96. The third-order valence-electron chi connectivity index (χ3n) is 4.81. The monoisotopic (exact) mass is 525 g/mol. The van der Waals surface area contributed by atoms with E-state index in [1.807, 2.05) is 0 Å². The number of carbonyl (C=O) groups excluding carboxylic acids is 1. The number of ether oxygens (including phenoxy) is 1. The van der Waals surface area contributed by atoms with Gasteiger partial charge in [0, 0.05) is 18.3 Å². The van der Waals surface area contributed by atoms with Crippen molar-refractivity contribution >= 4 is 46.3 Å². The Balaban J connectivity index is 1.74. The van der Waals surface area contributed by atoms with Crippen LogP contribution in [0.2, 0.25) is 5.02 Å². The van der Waals surface area contributed by atoms with Crippen LogP contribution in [-0.2, 0) is 18.0 Å². The first-order chi connectivity index (χ1) is 16.4. The van der Waals surface area contributed by atoms with Gasteiger partial charge in [0.1, 0.15) is 5.69 Å². The molecule has 0 unspecified atom stereocenters. The third-order valence-corrected chi connectivity index (χ3v) is 5.31. The van der Waals surface area contributed by atoms with Gasteiger partial charge < -0.3 is 15.2 Å². The first kappa shape index (κ1) is 26.0. The minimum absolute atomic E-state index is 0.0876. The number of aromatic nitrogens is 2. The van der Waals surface area contributed by atoms with Crippen LogP contribution in [0.4, 0.5) is 18.9 Å². The van der Waals surface area contributed by atoms with Crippen molar-refractivity contribution in [1.82, 2.24) is 15.2 Å². The lowest BCUT2D eigenvalue weighted by molar-refractivity contribution is -0.137. The van der Waals surface area contributed by atoms with Gasteiger partial charge in [0.15, 0.2) is 16.6 Å². The number of nitrogens with zero attached hydrogens (tertiary/aromatic N) is 3. The molecule has 3 aromatic rings. The number of thiocarbonyl (C=S) groups is 1. The lowest BCUT2D eigenvalue weighted by atomic mass is 10.1. The second kappa shape index (κ2) is 10.3. The van der Waals surface area contributed by atoms with Gasteiger partial charge in [0.25, 0.3) is 0 Å². The first-order valence-electron chi connectivity index (χ1n) is 9.85. The molecule has 0 aliphatic heterocycles. The van der Waals surface area contributed by atoms with Crippen LogP contribution in [-0.4, -0.2) is 38.8 Å². The van der Waals surface area contributed by atoms with Crippen molar-refractivity contribution in [2.75, 3.05) is 12.4 Å². The zero-order chi connectivity index (χ0) is 25.9. The quantitative estimate of drug-likeness (QED) is 0.187. The average Bonchev–Trinajstić information content (AvgIpc) is 3.10. The van der Waals surface area contributed by atoms with Crippen molar-refractivity contribution in [3.63, 3.8) is 0 Å². The fourth-order valence-corrected chi connectivity index (χ4v) is 3.53. The molecule has 8 nitrogen and oxygen atoms in total. The van der Waals surface area contributed by atoms with E-state index in [1.165, 1.54) is 36.1 Å². The fraction of sp³-hybridized carbons (Fsp3) is 0.182. The van der Waals surface area contributed by atoms with Gasteiger partial charge in [-0.3, -0.25) is 10.1 Å². The number of carbonyl (C=O) groups is 1. The maximum Gasteiger partial charge on any atom is 0.416 e. The first-order valence-corrected chi connectivity index (χ1v) is 10.6. The Kier molecular flexibility index (Phi) is 7.66. The summed E-state index contributed by atoms with van der Waals surface area (Å²) in [5.74, 6) is -0.826. The molecule has 0 saturated heterocycles. The van der Waals surface area contributed by atoms with Crippen LogP contribution in [0.3, 0.4) is 0 Å². The summed E-state index contributed by atoms with van der Waals surface area (Å²) in [4.78, 5) is 11.6. The number of hydrogen-bond acceptors (Lipinski definition) is 6. The van der Waals surface area contributed by atoms with Crippen LogP contribution in [0.15, 0.2) is 47.6 Å². The molecular formula is C22H19ClF3N5O3S. The molecule has 3 N–H and O–H groups in total. The molecule has 3 rings (SSSR count). The Hall–Kier alpha value is -3.64. The molecule has 0 aliphatic carbocycles. The summed E-state index contributed by atoms with van der Waals surface area (Å²) < 4.78 is 44.5. The molecule has 35 heavy (non-hydrogen) atoms. The molecular weight excluding hydrogens is 507 g/mol. The Labute approximate surface area is 208 Å². The van der Waals surface area contributed by atoms with Gasteiger partial charge in [-0.05, 0) is 49.5 Å². The Morgan fingerprint density at radius 2 is 1.89 bits per heavy atom. The minimum atomic E-state index is -4.46. The zero-order valence-corrected chi connectivity index (χ0v) is 20.1. The number of hydrogen-bond donors (Lipinski definition) is 3. The summed E-state index contributed by atoms with van der Waals surface area (Å²) in [5, 5.41) is 22.1. The topological polar surface area (TPSA) is 101 Å². The highest BCUT2D eigenvalue weighted by molar-refractivity contribution is 7.80. The summed E-state index contributed by atoms with van der Waals surface area (Å²) in [6.07, 6.45) is -4.46. The smallest absolute Gasteiger partial charge is 0.416 e. The lowest BCUT2D eigenvalue weighted by Gasteiger charge is -2.09. The molecule has 0 radical (unpaired) electrons. The number of aromatic hydroxyl groups is 1. The van der Waals surface area contributed by atoms with Gasteiger partial charge in [0.05, 0.1) is 29.0 Å². The number of halogens is 4. The molecule has 0 bridgehead atoms. The molecule has 0 saturated carbocycles. The maximum atomic E-state index is 12.8. The van der Waals surface area contributed by atoms with Crippen LogP contribution >= 0.6 is 23.8 Å². The molecule has 0 fully saturated rings. The maximum absolute atomic E-state index is 12.8. The van der Waals surface area contributed by atoms with E-state index in [2.05, 4.69) is 25.7 Å². The second-order valence-corrected chi connectivity index (χ2v) is 8.01. The van der Waals surface area contributed by atoms with Crippen molar-refractivity contribution in [1.29, 1.82) is 0 Å².